The summed E-state index contributed by atoms with van der Waals surface area (Å²) in [5, 5.41) is 13.7. The molecule has 0 atom stereocenters. The molecule has 0 radical (unpaired) electrons. The van der Waals surface area contributed by atoms with Crippen molar-refractivity contribution >= 4 is 39.9 Å². The molecule has 0 saturated carbocycles. The smallest absolute Gasteiger partial charge is 0.339 e. The number of anilines is 1. The maximum absolute atomic E-state index is 13.9. The van der Waals surface area contributed by atoms with E-state index in [0.29, 0.717) is 0 Å². The van der Waals surface area contributed by atoms with Crippen LogP contribution in [0.1, 0.15) is 17.3 Å². The Morgan fingerprint density at radius 1 is 1.57 bits per heavy atom. The third kappa shape index (κ3) is 4.24. The number of benzene rings is 1. The molecule has 1 aromatic carbocycles. The minimum absolute atomic E-state index is 0.0549. The molecule has 0 aliphatic carbocycles. The second-order valence-corrected chi connectivity index (χ2v) is 4.92. The number of ether oxygens (including phenoxy) is 2. The van der Waals surface area contributed by atoms with Crippen LogP contribution in [-0.2, 0) is 9.47 Å². The van der Waals surface area contributed by atoms with Crippen LogP contribution in [0.15, 0.2) is 6.07 Å². The Morgan fingerprint density at radius 2 is 2.24 bits per heavy atom. The third-order valence-electron chi connectivity index (χ3n) is 2.48. The number of methoxy groups -OCH3 is 1. The number of hydrogen-bond acceptors (Lipinski definition) is 6. The minimum atomic E-state index is -1.09. The van der Waals surface area contributed by atoms with E-state index in [1.54, 1.807) is 29.5 Å². The molecule has 0 spiro atoms. The van der Waals surface area contributed by atoms with E-state index in [-0.39, 0.29) is 34.6 Å². The predicted octanol–water partition coefficient (Wildman–Crippen LogP) is 2.57. The molecule has 21 heavy (non-hydrogen) atoms. The maximum Gasteiger partial charge on any atom is 0.339 e. The zero-order chi connectivity index (χ0) is 16.0. The molecule has 7 nitrogen and oxygen atoms in total. The van der Waals surface area contributed by atoms with Gasteiger partial charge in [-0.15, -0.1) is 0 Å². The SMILES string of the molecule is CCOC(=O)c1cc(F)c([N+](=O)[O-])c(NCCOC)c1I. The molecule has 1 aromatic rings. The van der Waals surface area contributed by atoms with E-state index in [0.717, 1.165) is 6.07 Å². The van der Waals surface area contributed by atoms with E-state index in [4.69, 9.17) is 9.47 Å². The number of halogens is 2. The summed E-state index contributed by atoms with van der Waals surface area (Å²) in [6.07, 6.45) is 0. The molecule has 0 aromatic heterocycles. The van der Waals surface area contributed by atoms with E-state index < -0.39 is 22.4 Å². The summed E-state index contributed by atoms with van der Waals surface area (Å²) >= 11 is 1.75. The monoisotopic (exact) mass is 412 g/mol. The van der Waals surface area contributed by atoms with Gasteiger partial charge in [0.25, 0.3) is 0 Å². The topological polar surface area (TPSA) is 90.7 Å². The standard InChI is InChI=1S/C12H14FIN2O5/c1-3-21-12(17)7-6-8(13)11(16(18)19)10(9(7)14)15-4-5-20-2/h6,15H,3-5H2,1-2H3. The van der Waals surface area contributed by atoms with Gasteiger partial charge in [0.2, 0.25) is 5.82 Å². The normalized spacial score (nSPS) is 10.3. The Bertz CT molecular complexity index is 553. The van der Waals surface area contributed by atoms with Crippen molar-refractivity contribution in [2.24, 2.45) is 0 Å². The van der Waals surface area contributed by atoms with Crippen LogP contribution in [0.2, 0.25) is 0 Å². The number of nitro groups is 1. The van der Waals surface area contributed by atoms with Crippen LogP contribution in [0.3, 0.4) is 0 Å². The zero-order valence-corrected chi connectivity index (χ0v) is 13.6. The number of carbonyl (C=O) groups excluding carboxylic acids is 1. The van der Waals surface area contributed by atoms with Gasteiger partial charge in [0.05, 0.1) is 27.3 Å². The number of rotatable bonds is 7. The van der Waals surface area contributed by atoms with Gasteiger partial charge in [-0.05, 0) is 35.6 Å². The summed E-state index contributed by atoms with van der Waals surface area (Å²) in [6.45, 7) is 2.25. The highest BCUT2D eigenvalue weighted by molar-refractivity contribution is 14.1. The summed E-state index contributed by atoms with van der Waals surface area (Å²) in [5.41, 5.74) is -0.815. The lowest BCUT2D eigenvalue weighted by Gasteiger charge is -2.12. The molecular formula is C12H14FIN2O5. The fraction of sp³-hybridized carbons (Fsp3) is 0.417. The molecule has 0 bridgehead atoms. The van der Waals surface area contributed by atoms with E-state index in [1.165, 1.54) is 7.11 Å². The largest absolute Gasteiger partial charge is 0.462 e. The predicted molar refractivity (Wildman–Crippen MR) is 82.1 cm³/mol. The highest BCUT2D eigenvalue weighted by Crippen LogP contribution is 2.35. The lowest BCUT2D eigenvalue weighted by atomic mass is 10.1. The van der Waals surface area contributed by atoms with E-state index in [9.17, 15) is 19.3 Å². The number of hydrogen-bond donors (Lipinski definition) is 1. The van der Waals surface area contributed by atoms with Gasteiger partial charge in [-0.25, -0.2) is 4.79 Å². The van der Waals surface area contributed by atoms with E-state index in [1.807, 2.05) is 0 Å². The Labute approximate surface area is 134 Å². The van der Waals surface area contributed by atoms with Gasteiger partial charge in [-0.3, -0.25) is 10.1 Å². The Hall–Kier alpha value is -1.49. The van der Waals surface area contributed by atoms with Gasteiger partial charge in [0, 0.05) is 13.7 Å². The maximum atomic E-state index is 13.9. The molecule has 0 fully saturated rings. The van der Waals surface area contributed by atoms with Gasteiger partial charge < -0.3 is 14.8 Å². The van der Waals surface area contributed by atoms with Crippen molar-refractivity contribution in [1.82, 2.24) is 0 Å². The summed E-state index contributed by atoms with van der Waals surface area (Å²) in [6, 6.07) is 0.819. The molecule has 0 aliphatic heterocycles. The van der Waals surface area contributed by atoms with E-state index in [2.05, 4.69) is 5.32 Å². The summed E-state index contributed by atoms with van der Waals surface area (Å²) in [7, 11) is 1.47. The van der Waals surface area contributed by atoms with Crippen LogP contribution in [0.25, 0.3) is 0 Å². The van der Waals surface area contributed by atoms with Crippen molar-refractivity contribution in [3.63, 3.8) is 0 Å². The molecule has 9 heteroatoms. The van der Waals surface area contributed by atoms with Crippen LogP contribution in [0.4, 0.5) is 15.8 Å². The second-order valence-electron chi connectivity index (χ2n) is 3.84. The van der Waals surface area contributed by atoms with Gasteiger partial charge in [0.1, 0.15) is 5.69 Å². The van der Waals surface area contributed by atoms with Crippen LogP contribution < -0.4 is 5.32 Å². The molecule has 116 valence electrons. The highest BCUT2D eigenvalue weighted by Gasteiger charge is 2.28. The van der Waals surface area contributed by atoms with Gasteiger partial charge in [-0.2, -0.15) is 4.39 Å². The quantitative estimate of drug-likeness (QED) is 0.244. The van der Waals surface area contributed by atoms with E-state index >= 15 is 0 Å². The van der Waals surface area contributed by atoms with Crippen LogP contribution in [0, 0.1) is 19.5 Å². The van der Waals surface area contributed by atoms with Crippen molar-refractivity contribution in [1.29, 1.82) is 0 Å². The zero-order valence-electron chi connectivity index (χ0n) is 11.4. The molecule has 0 saturated heterocycles. The molecule has 0 amide bonds. The van der Waals surface area contributed by atoms with Crippen molar-refractivity contribution in [3.8, 4) is 0 Å². The first-order valence-corrected chi connectivity index (χ1v) is 7.08. The lowest BCUT2D eigenvalue weighted by Crippen LogP contribution is -2.15. The first kappa shape index (κ1) is 17.6. The number of esters is 1. The molecule has 1 N–H and O–H groups in total. The van der Waals surface area contributed by atoms with Gasteiger partial charge >= 0.3 is 11.7 Å². The van der Waals surface area contributed by atoms with Crippen molar-refractivity contribution in [2.75, 3.05) is 32.2 Å². The fourth-order valence-corrected chi connectivity index (χ4v) is 2.41. The first-order chi connectivity index (χ1) is 9.93. The summed E-state index contributed by atoms with van der Waals surface area (Å²) in [5.74, 6) is -1.83. The molecule has 1 rings (SSSR count). The lowest BCUT2D eigenvalue weighted by molar-refractivity contribution is -0.386. The number of nitrogens with zero attached hydrogens (tertiary/aromatic N) is 1. The average Bonchev–Trinajstić information content (AvgIpc) is 2.42. The number of carbonyl (C=O) groups is 1. The molecule has 0 aliphatic rings. The number of nitro benzene ring substituents is 1. The molecule has 0 unspecified atom stereocenters. The Balaban J connectivity index is 3.32. The fourth-order valence-electron chi connectivity index (χ4n) is 1.59. The van der Waals surface area contributed by atoms with Gasteiger partial charge in [0.15, 0.2) is 0 Å². The van der Waals surface area contributed by atoms with Crippen LogP contribution >= 0.6 is 22.6 Å². The third-order valence-corrected chi connectivity index (χ3v) is 3.60. The van der Waals surface area contributed by atoms with Crippen molar-refractivity contribution in [3.05, 3.63) is 31.1 Å². The molecule has 0 heterocycles. The van der Waals surface area contributed by atoms with Crippen LogP contribution in [0.5, 0.6) is 0 Å². The summed E-state index contributed by atoms with van der Waals surface area (Å²) < 4.78 is 23.8. The Kier molecular flexibility index (Phi) is 6.75. The van der Waals surface area contributed by atoms with Gasteiger partial charge in [-0.1, -0.05) is 0 Å². The second kappa shape index (κ2) is 8.08. The first-order valence-electron chi connectivity index (χ1n) is 6.00. The minimum Gasteiger partial charge on any atom is -0.462 e. The highest BCUT2D eigenvalue weighted by atomic mass is 127. The van der Waals surface area contributed by atoms with Crippen molar-refractivity contribution in [2.45, 2.75) is 6.92 Å². The Morgan fingerprint density at radius 3 is 2.76 bits per heavy atom. The summed E-state index contributed by atoms with van der Waals surface area (Å²) in [4.78, 5) is 21.9. The average molecular weight is 412 g/mol. The van der Waals surface area contributed by atoms with Crippen LogP contribution in [-0.4, -0.2) is 37.8 Å². The molecular weight excluding hydrogens is 398 g/mol. The number of nitrogens with one attached hydrogen (secondary N) is 1. The van der Waals surface area contributed by atoms with Crippen molar-refractivity contribution < 1.29 is 23.6 Å².